The standard InChI is InChI=1S/C22H18BrNO4/c23-20-6-5-14(28-20)11-24-17-4-2-1-3-15(17)22(21(24)25)12-27-19-10-18-13(7-8-26-18)9-16(19)22/h1-6,9-10,21,25H,7-8,11-12H2. The third-order valence-electron chi connectivity index (χ3n) is 6.11. The molecule has 1 N–H and O–H groups in total. The number of benzene rings is 2. The van der Waals surface area contributed by atoms with Crippen molar-refractivity contribution in [2.24, 2.45) is 0 Å². The second-order valence-electron chi connectivity index (χ2n) is 7.54. The van der Waals surface area contributed by atoms with Crippen LogP contribution in [0.2, 0.25) is 0 Å². The highest BCUT2D eigenvalue weighted by Crippen LogP contribution is 2.55. The van der Waals surface area contributed by atoms with Gasteiger partial charge in [0, 0.05) is 23.7 Å². The van der Waals surface area contributed by atoms with Crippen LogP contribution in [0, 0.1) is 0 Å². The SMILES string of the molecule is OC1N(Cc2ccc(Br)o2)c2ccccc2C12COc1cc3c(cc12)CCO3. The van der Waals surface area contributed by atoms with Gasteiger partial charge in [-0.3, -0.25) is 0 Å². The summed E-state index contributed by atoms with van der Waals surface area (Å²) in [6, 6.07) is 16.1. The van der Waals surface area contributed by atoms with Gasteiger partial charge in [0.15, 0.2) is 4.67 Å². The minimum atomic E-state index is -0.754. The van der Waals surface area contributed by atoms with E-state index in [4.69, 9.17) is 13.9 Å². The molecule has 0 aliphatic carbocycles. The molecule has 6 heteroatoms. The van der Waals surface area contributed by atoms with Crippen LogP contribution in [0.5, 0.6) is 11.5 Å². The van der Waals surface area contributed by atoms with Gasteiger partial charge < -0.3 is 23.9 Å². The molecule has 3 aromatic rings. The molecule has 3 aliphatic heterocycles. The van der Waals surface area contributed by atoms with Gasteiger partial charge >= 0.3 is 0 Å². The van der Waals surface area contributed by atoms with Crippen LogP contribution in [0.25, 0.3) is 0 Å². The number of rotatable bonds is 2. The van der Waals surface area contributed by atoms with Crippen LogP contribution in [0.4, 0.5) is 5.69 Å². The van der Waals surface area contributed by atoms with E-state index in [2.05, 4.69) is 34.1 Å². The van der Waals surface area contributed by atoms with Crippen LogP contribution in [0.1, 0.15) is 22.5 Å². The Kier molecular flexibility index (Phi) is 3.41. The maximum atomic E-state index is 11.6. The maximum Gasteiger partial charge on any atom is 0.169 e. The van der Waals surface area contributed by atoms with E-state index < -0.39 is 11.6 Å². The minimum Gasteiger partial charge on any atom is -0.493 e. The summed E-state index contributed by atoms with van der Waals surface area (Å²) in [6.45, 7) is 1.58. The van der Waals surface area contributed by atoms with Gasteiger partial charge in [-0.15, -0.1) is 0 Å². The molecule has 0 amide bonds. The Hall–Kier alpha value is -2.44. The lowest BCUT2D eigenvalue weighted by Crippen LogP contribution is -2.46. The number of aliphatic hydroxyl groups excluding tert-OH is 1. The Morgan fingerprint density at radius 2 is 1.96 bits per heavy atom. The monoisotopic (exact) mass is 439 g/mol. The van der Waals surface area contributed by atoms with Crippen LogP contribution in [-0.4, -0.2) is 24.5 Å². The molecule has 0 fully saturated rings. The van der Waals surface area contributed by atoms with Crippen LogP contribution in [0.3, 0.4) is 0 Å². The van der Waals surface area contributed by atoms with E-state index in [1.54, 1.807) is 0 Å². The predicted molar refractivity (Wildman–Crippen MR) is 107 cm³/mol. The van der Waals surface area contributed by atoms with Gasteiger partial charge in [-0.05, 0) is 51.3 Å². The number of furan rings is 1. The molecule has 0 bridgehead atoms. The zero-order valence-electron chi connectivity index (χ0n) is 15.0. The average molecular weight is 440 g/mol. The van der Waals surface area contributed by atoms with Crippen molar-refractivity contribution in [1.82, 2.24) is 0 Å². The first kappa shape index (κ1) is 16.5. The molecule has 1 aromatic heterocycles. The molecule has 2 aromatic carbocycles. The zero-order chi connectivity index (χ0) is 18.9. The number of hydrogen-bond donors (Lipinski definition) is 1. The summed E-state index contributed by atoms with van der Waals surface area (Å²) in [5, 5.41) is 11.6. The van der Waals surface area contributed by atoms with Crippen molar-refractivity contribution in [3.63, 3.8) is 0 Å². The Morgan fingerprint density at radius 3 is 2.82 bits per heavy atom. The molecule has 142 valence electrons. The minimum absolute atomic E-state index is 0.405. The second kappa shape index (κ2) is 5.78. The first-order valence-electron chi connectivity index (χ1n) is 9.38. The normalized spacial score (nSPS) is 24.1. The number of para-hydroxylation sites is 1. The molecular weight excluding hydrogens is 422 g/mol. The Balaban J connectivity index is 1.50. The number of nitrogens with zero attached hydrogens (tertiary/aromatic N) is 1. The fourth-order valence-electron chi connectivity index (χ4n) is 4.79. The number of fused-ring (bicyclic) bond motifs is 5. The third-order valence-corrected chi connectivity index (χ3v) is 6.54. The van der Waals surface area contributed by atoms with Crippen molar-refractivity contribution in [2.45, 2.75) is 24.6 Å². The van der Waals surface area contributed by atoms with Crippen molar-refractivity contribution in [2.75, 3.05) is 18.1 Å². The van der Waals surface area contributed by atoms with Crippen molar-refractivity contribution in [3.8, 4) is 11.5 Å². The van der Waals surface area contributed by atoms with E-state index >= 15 is 0 Å². The largest absolute Gasteiger partial charge is 0.493 e. The van der Waals surface area contributed by atoms with Crippen LogP contribution in [-0.2, 0) is 18.4 Å². The fourth-order valence-corrected chi connectivity index (χ4v) is 5.14. The molecule has 1 spiro atoms. The first-order chi connectivity index (χ1) is 13.7. The average Bonchev–Trinajstić information content (AvgIpc) is 3.45. The Morgan fingerprint density at radius 1 is 1.07 bits per heavy atom. The number of halogens is 1. The zero-order valence-corrected chi connectivity index (χ0v) is 16.6. The number of ether oxygens (including phenoxy) is 2. The van der Waals surface area contributed by atoms with Gasteiger partial charge in [0.25, 0.3) is 0 Å². The van der Waals surface area contributed by atoms with Crippen LogP contribution in [0.15, 0.2) is 57.6 Å². The Labute approximate surface area is 170 Å². The van der Waals surface area contributed by atoms with Crippen LogP contribution >= 0.6 is 15.9 Å². The van der Waals surface area contributed by atoms with Gasteiger partial charge in [-0.1, -0.05) is 18.2 Å². The summed E-state index contributed by atoms with van der Waals surface area (Å²) in [7, 11) is 0. The lowest BCUT2D eigenvalue weighted by atomic mass is 9.76. The molecule has 28 heavy (non-hydrogen) atoms. The summed E-state index contributed by atoms with van der Waals surface area (Å²) in [5.74, 6) is 2.49. The highest BCUT2D eigenvalue weighted by molar-refractivity contribution is 9.10. The van der Waals surface area contributed by atoms with Crippen molar-refractivity contribution in [3.05, 3.63) is 75.7 Å². The van der Waals surface area contributed by atoms with E-state index in [0.29, 0.717) is 24.4 Å². The lowest BCUT2D eigenvalue weighted by Gasteiger charge is -2.31. The van der Waals surface area contributed by atoms with E-state index in [9.17, 15) is 5.11 Å². The number of aliphatic hydroxyl groups is 1. The Bertz CT molecular complexity index is 1090. The first-order valence-corrected chi connectivity index (χ1v) is 10.2. The third kappa shape index (κ3) is 2.10. The smallest absolute Gasteiger partial charge is 0.169 e. The molecule has 6 rings (SSSR count). The molecule has 3 aliphatic rings. The van der Waals surface area contributed by atoms with Gasteiger partial charge in [0.1, 0.15) is 35.5 Å². The number of hydrogen-bond acceptors (Lipinski definition) is 5. The maximum absolute atomic E-state index is 11.6. The van der Waals surface area contributed by atoms with Gasteiger partial charge in [-0.2, -0.15) is 0 Å². The van der Waals surface area contributed by atoms with Gasteiger partial charge in [-0.25, -0.2) is 0 Å². The van der Waals surface area contributed by atoms with Crippen molar-refractivity contribution in [1.29, 1.82) is 0 Å². The lowest BCUT2D eigenvalue weighted by molar-refractivity contribution is 0.0930. The topological polar surface area (TPSA) is 55.1 Å². The van der Waals surface area contributed by atoms with E-state index in [1.165, 1.54) is 5.56 Å². The number of anilines is 1. The van der Waals surface area contributed by atoms with E-state index in [1.807, 2.05) is 35.2 Å². The second-order valence-corrected chi connectivity index (χ2v) is 8.32. The quantitative estimate of drug-likeness (QED) is 0.653. The molecular formula is C22H18BrNO4. The summed E-state index contributed by atoms with van der Waals surface area (Å²) in [5.41, 5.74) is 3.70. The van der Waals surface area contributed by atoms with Gasteiger partial charge in [0.2, 0.25) is 0 Å². The molecule has 0 saturated carbocycles. The van der Waals surface area contributed by atoms with Crippen molar-refractivity contribution < 1.29 is 19.0 Å². The highest BCUT2D eigenvalue weighted by Gasteiger charge is 2.56. The molecule has 2 atom stereocenters. The van der Waals surface area contributed by atoms with Gasteiger partial charge in [0.05, 0.1) is 13.2 Å². The summed E-state index contributed by atoms with van der Waals surface area (Å²) in [4.78, 5) is 2.00. The van der Waals surface area contributed by atoms with E-state index in [-0.39, 0.29) is 0 Å². The molecule has 4 heterocycles. The summed E-state index contributed by atoms with van der Waals surface area (Å²) in [6.07, 6.45) is 0.135. The highest BCUT2D eigenvalue weighted by atomic mass is 79.9. The van der Waals surface area contributed by atoms with Crippen LogP contribution < -0.4 is 14.4 Å². The summed E-state index contributed by atoms with van der Waals surface area (Å²) < 4.78 is 18.2. The molecule has 0 saturated heterocycles. The summed E-state index contributed by atoms with van der Waals surface area (Å²) >= 11 is 3.36. The van der Waals surface area contributed by atoms with Crippen molar-refractivity contribution >= 4 is 21.6 Å². The predicted octanol–water partition coefficient (Wildman–Crippen LogP) is 3.99. The molecule has 5 nitrogen and oxygen atoms in total. The fraction of sp³-hybridized carbons (Fsp3) is 0.273. The molecule has 0 radical (unpaired) electrons. The molecule has 2 unspecified atom stereocenters. The van der Waals surface area contributed by atoms with E-state index in [0.717, 1.165) is 40.5 Å².